The third-order valence-corrected chi connectivity index (χ3v) is 4.62. The van der Waals surface area contributed by atoms with Crippen LogP contribution in [-0.2, 0) is 11.2 Å². The molecule has 0 amide bonds. The van der Waals surface area contributed by atoms with Crippen molar-refractivity contribution in [3.8, 4) is 0 Å². The molecule has 0 bridgehead atoms. The Morgan fingerprint density at radius 2 is 1.81 bits per heavy atom. The summed E-state index contributed by atoms with van der Waals surface area (Å²) in [5.74, 6) is 0.236. The second-order valence-electron chi connectivity index (χ2n) is 3.70. The standard InChI is InChI=1S/C12H13Br3O/c1-3-12(16)11(15)6-8-9(13)4-7(2)5-10(8)14/h4-5,11H,3,6H2,1-2H3. The van der Waals surface area contributed by atoms with Crippen LogP contribution in [0.1, 0.15) is 24.5 Å². The van der Waals surface area contributed by atoms with E-state index in [0.29, 0.717) is 12.8 Å². The molecule has 0 aliphatic heterocycles. The first kappa shape index (κ1) is 14.4. The first-order chi connectivity index (χ1) is 7.45. The van der Waals surface area contributed by atoms with E-state index >= 15 is 0 Å². The predicted octanol–water partition coefficient (Wildman–Crippen LogP) is 4.81. The highest BCUT2D eigenvalue weighted by molar-refractivity contribution is 9.11. The van der Waals surface area contributed by atoms with Crippen LogP contribution in [0.5, 0.6) is 0 Å². The maximum atomic E-state index is 11.5. The van der Waals surface area contributed by atoms with Gasteiger partial charge in [-0.05, 0) is 36.6 Å². The van der Waals surface area contributed by atoms with Crippen LogP contribution < -0.4 is 0 Å². The smallest absolute Gasteiger partial charge is 0.146 e. The summed E-state index contributed by atoms with van der Waals surface area (Å²) in [6, 6.07) is 4.13. The second-order valence-corrected chi connectivity index (χ2v) is 6.51. The van der Waals surface area contributed by atoms with Crippen molar-refractivity contribution in [2.45, 2.75) is 31.5 Å². The number of carbonyl (C=O) groups is 1. The van der Waals surface area contributed by atoms with Gasteiger partial charge >= 0.3 is 0 Å². The highest BCUT2D eigenvalue weighted by Gasteiger charge is 2.16. The summed E-state index contributed by atoms with van der Waals surface area (Å²) in [6.45, 7) is 3.93. The minimum absolute atomic E-state index is 0.104. The monoisotopic (exact) mass is 410 g/mol. The highest BCUT2D eigenvalue weighted by atomic mass is 79.9. The molecule has 1 nitrogen and oxygen atoms in total. The first-order valence-corrected chi connectivity index (χ1v) is 7.57. The second kappa shape index (κ2) is 6.31. The third-order valence-electron chi connectivity index (χ3n) is 2.37. The fourth-order valence-electron chi connectivity index (χ4n) is 1.44. The summed E-state index contributed by atoms with van der Waals surface area (Å²) in [6.07, 6.45) is 1.27. The molecule has 4 heteroatoms. The minimum Gasteiger partial charge on any atom is -0.298 e. The van der Waals surface area contributed by atoms with Gasteiger partial charge in [-0.2, -0.15) is 0 Å². The van der Waals surface area contributed by atoms with E-state index in [4.69, 9.17) is 0 Å². The average molecular weight is 413 g/mol. The van der Waals surface area contributed by atoms with Crippen molar-refractivity contribution in [3.05, 3.63) is 32.2 Å². The molecule has 0 radical (unpaired) electrons. The van der Waals surface area contributed by atoms with Gasteiger partial charge in [0, 0.05) is 15.4 Å². The molecular formula is C12H13Br3O. The number of alkyl halides is 1. The molecule has 1 unspecified atom stereocenters. The maximum absolute atomic E-state index is 11.5. The topological polar surface area (TPSA) is 17.1 Å². The van der Waals surface area contributed by atoms with Gasteiger partial charge in [0.2, 0.25) is 0 Å². The fourth-order valence-corrected chi connectivity index (χ4v) is 3.83. The fraction of sp³-hybridized carbons (Fsp3) is 0.417. The van der Waals surface area contributed by atoms with Gasteiger partial charge in [-0.3, -0.25) is 4.79 Å². The average Bonchev–Trinajstić information content (AvgIpc) is 2.21. The lowest BCUT2D eigenvalue weighted by Crippen LogP contribution is -2.16. The van der Waals surface area contributed by atoms with Crippen molar-refractivity contribution in [1.29, 1.82) is 0 Å². The molecule has 0 fully saturated rings. The van der Waals surface area contributed by atoms with Crippen molar-refractivity contribution in [3.63, 3.8) is 0 Å². The SMILES string of the molecule is CCC(=O)C(Br)Cc1c(Br)cc(C)cc1Br. The highest BCUT2D eigenvalue weighted by Crippen LogP contribution is 2.29. The first-order valence-electron chi connectivity index (χ1n) is 5.07. The van der Waals surface area contributed by atoms with E-state index in [1.165, 1.54) is 5.56 Å². The Kier molecular flexibility index (Phi) is 5.68. The van der Waals surface area contributed by atoms with E-state index in [1.807, 2.05) is 13.8 Å². The lowest BCUT2D eigenvalue weighted by Gasteiger charge is -2.12. The van der Waals surface area contributed by atoms with Crippen LogP contribution in [0.4, 0.5) is 0 Å². The van der Waals surface area contributed by atoms with Crippen molar-refractivity contribution in [1.82, 2.24) is 0 Å². The quantitative estimate of drug-likeness (QED) is 0.649. The van der Waals surface area contributed by atoms with Gasteiger partial charge in [0.05, 0.1) is 4.83 Å². The predicted molar refractivity (Wildman–Crippen MR) is 78.3 cm³/mol. The number of halogens is 3. The molecule has 88 valence electrons. The Balaban J connectivity index is 2.93. The minimum atomic E-state index is -0.104. The van der Waals surface area contributed by atoms with Gasteiger partial charge in [-0.1, -0.05) is 54.7 Å². The number of benzene rings is 1. The molecule has 0 aliphatic carbocycles. The van der Waals surface area contributed by atoms with Crippen molar-refractivity contribution >= 4 is 53.6 Å². The van der Waals surface area contributed by atoms with E-state index in [2.05, 4.69) is 59.9 Å². The van der Waals surface area contributed by atoms with E-state index in [0.717, 1.165) is 14.5 Å². The molecule has 0 N–H and O–H groups in total. The number of hydrogen-bond donors (Lipinski definition) is 0. The molecule has 1 aromatic carbocycles. The van der Waals surface area contributed by atoms with Gasteiger partial charge in [0.1, 0.15) is 5.78 Å². The maximum Gasteiger partial charge on any atom is 0.146 e. The number of Topliss-reactive ketones (excluding diaryl/α,β-unsaturated/α-hetero) is 1. The Morgan fingerprint density at radius 3 is 2.25 bits per heavy atom. The van der Waals surface area contributed by atoms with Gasteiger partial charge in [-0.25, -0.2) is 0 Å². The summed E-state index contributed by atoms with van der Waals surface area (Å²) in [5, 5.41) is 0. The molecule has 0 aliphatic rings. The summed E-state index contributed by atoms with van der Waals surface area (Å²) < 4.78 is 2.10. The summed E-state index contributed by atoms with van der Waals surface area (Å²) in [7, 11) is 0. The zero-order chi connectivity index (χ0) is 12.3. The number of rotatable bonds is 4. The Morgan fingerprint density at radius 1 is 1.31 bits per heavy atom. The van der Waals surface area contributed by atoms with Gasteiger partial charge in [0.15, 0.2) is 0 Å². The van der Waals surface area contributed by atoms with E-state index < -0.39 is 0 Å². The number of ketones is 1. The normalized spacial score (nSPS) is 12.6. The lowest BCUT2D eigenvalue weighted by atomic mass is 10.0. The van der Waals surface area contributed by atoms with Crippen molar-refractivity contribution in [2.75, 3.05) is 0 Å². The van der Waals surface area contributed by atoms with Crippen LogP contribution in [0, 0.1) is 6.92 Å². The molecule has 1 aromatic rings. The summed E-state index contributed by atoms with van der Waals surface area (Å²) >= 11 is 10.5. The summed E-state index contributed by atoms with van der Waals surface area (Å²) in [4.78, 5) is 11.4. The van der Waals surface area contributed by atoms with E-state index in [-0.39, 0.29) is 10.6 Å². The van der Waals surface area contributed by atoms with Gasteiger partial charge in [0.25, 0.3) is 0 Å². The Labute approximate surface area is 121 Å². The Bertz CT molecular complexity index is 378. The number of hydrogen-bond acceptors (Lipinski definition) is 1. The van der Waals surface area contributed by atoms with Crippen molar-refractivity contribution < 1.29 is 4.79 Å². The molecule has 0 saturated carbocycles. The molecule has 0 aromatic heterocycles. The van der Waals surface area contributed by atoms with Crippen molar-refractivity contribution in [2.24, 2.45) is 0 Å². The zero-order valence-electron chi connectivity index (χ0n) is 9.19. The third kappa shape index (κ3) is 3.67. The van der Waals surface area contributed by atoms with Crippen LogP contribution in [0.2, 0.25) is 0 Å². The van der Waals surface area contributed by atoms with Crippen LogP contribution in [0.25, 0.3) is 0 Å². The van der Waals surface area contributed by atoms with Crippen LogP contribution >= 0.6 is 47.8 Å². The zero-order valence-corrected chi connectivity index (χ0v) is 13.9. The molecule has 1 atom stereocenters. The van der Waals surface area contributed by atoms with Crippen LogP contribution in [0.3, 0.4) is 0 Å². The van der Waals surface area contributed by atoms with Crippen LogP contribution in [0.15, 0.2) is 21.1 Å². The van der Waals surface area contributed by atoms with E-state index in [1.54, 1.807) is 0 Å². The van der Waals surface area contributed by atoms with Gasteiger partial charge < -0.3 is 0 Å². The largest absolute Gasteiger partial charge is 0.298 e. The molecule has 0 saturated heterocycles. The molecule has 0 spiro atoms. The molecule has 1 rings (SSSR count). The molecule has 16 heavy (non-hydrogen) atoms. The molecule has 0 heterocycles. The summed E-state index contributed by atoms with van der Waals surface area (Å²) in [5.41, 5.74) is 2.32. The number of aryl methyl sites for hydroxylation is 1. The van der Waals surface area contributed by atoms with E-state index in [9.17, 15) is 4.79 Å². The van der Waals surface area contributed by atoms with Gasteiger partial charge in [-0.15, -0.1) is 0 Å². The Hall–Kier alpha value is 0.330. The van der Waals surface area contributed by atoms with Crippen LogP contribution in [-0.4, -0.2) is 10.6 Å². The number of carbonyl (C=O) groups excluding carboxylic acids is 1. The lowest BCUT2D eigenvalue weighted by molar-refractivity contribution is -0.118. The molecular weight excluding hydrogens is 400 g/mol.